The number of halogens is 2. The summed E-state index contributed by atoms with van der Waals surface area (Å²) in [5, 5.41) is 11.6. The van der Waals surface area contributed by atoms with Crippen molar-refractivity contribution in [3.63, 3.8) is 0 Å². The molecule has 1 aliphatic heterocycles. The highest BCUT2D eigenvalue weighted by molar-refractivity contribution is 6.42. The van der Waals surface area contributed by atoms with Gasteiger partial charge in [0.15, 0.2) is 5.82 Å². The third kappa shape index (κ3) is 4.08. The second-order valence-electron chi connectivity index (χ2n) is 7.48. The minimum Gasteiger partial charge on any atom is -0.328 e. The minimum absolute atomic E-state index is 0.308. The standard InChI is InChI=1S/C24H18Cl2N6O/c1-14-20(23(33)29-19-9-5-6-12-27-19)21(16-10-11-17(25)18(26)13-16)32-24(28-14)30-22(31-32)15-7-3-2-4-8-15/h2-13,21H,1H3,(H,27,29,33)(H,28,30,31). The Labute approximate surface area is 200 Å². The molecule has 0 spiro atoms. The molecule has 2 aromatic carbocycles. The molecule has 1 aliphatic rings. The fraction of sp³-hybridized carbons (Fsp3) is 0.0833. The van der Waals surface area contributed by atoms with E-state index in [1.807, 2.05) is 43.3 Å². The largest absolute Gasteiger partial charge is 0.328 e. The van der Waals surface area contributed by atoms with Crippen LogP contribution in [0, 0.1) is 0 Å². The monoisotopic (exact) mass is 476 g/mol. The van der Waals surface area contributed by atoms with Crippen molar-refractivity contribution in [1.29, 1.82) is 0 Å². The van der Waals surface area contributed by atoms with E-state index < -0.39 is 6.04 Å². The molecule has 2 N–H and O–H groups in total. The van der Waals surface area contributed by atoms with E-state index in [0.717, 1.165) is 11.1 Å². The Hall–Kier alpha value is -3.68. The van der Waals surface area contributed by atoms with Crippen LogP contribution >= 0.6 is 23.2 Å². The molecule has 164 valence electrons. The molecule has 0 radical (unpaired) electrons. The zero-order valence-corrected chi connectivity index (χ0v) is 19.0. The molecule has 33 heavy (non-hydrogen) atoms. The number of rotatable bonds is 4. The number of allylic oxidation sites excluding steroid dienone is 1. The van der Waals surface area contributed by atoms with Crippen molar-refractivity contribution in [2.24, 2.45) is 0 Å². The number of aromatic nitrogens is 4. The van der Waals surface area contributed by atoms with Gasteiger partial charge in [0.2, 0.25) is 5.95 Å². The quantitative estimate of drug-likeness (QED) is 0.401. The van der Waals surface area contributed by atoms with Crippen LogP contribution in [0.5, 0.6) is 0 Å². The molecule has 0 fully saturated rings. The van der Waals surface area contributed by atoms with Crippen LogP contribution in [0.2, 0.25) is 10.0 Å². The summed E-state index contributed by atoms with van der Waals surface area (Å²) in [6.45, 7) is 1.83. The molecule has 3 heterocycles. The number of carbonyl (C=O) groups excluding carboxylic acids is 1. The number of amides is 1. The molecule has 0 bridgehead atoms. The first-order chi connectivity index (χ1) is 16.0. The highest BCUT2D eigenvalue weighted by Crippen LogP contribution is 2.38. The summed E-state index contributed by atoms with van der Waals surface area (Å²) < 4.78 is 1.70. The van der Waals surface area contributed by atoms with Crippen LogP contribution < -0.4 is 10.6 Å². The van der Waals surface area contributed by atoms with E-state index in [4.69, 9.17) is 28.3 Å². The zero-order valence-electron chi connectivity index (χ0n) is 17.5. The predicted octanol–water partition coefficient (Wildman–Crippen LogP) is 5.57. The van der Waals surface area contributed by atoms with Crippen LogP contribution in [0.4, 0.5) is 11.8 Å². The minimum atomic E-state index is -0.579. The van der Waals surface area contributed by atoms with Crippen LogP contribution in [-0.2, 0) is 4.79 Å². The van der Waals surface area contributed by atoms with Gasteiger partial charge in [0.25, 0.3) is 5.91 Å². The topological polar surface area (TPSA) is 84.7 Å². The SMILES string of the molecule is CC1=C(C(=O)Nc2ccccn2)C(c2ccc(Cl)c(Cl)c2)n2nc(-c3ccccc3)nc2N1. The van der Waals surface area contributed by atoms with E-state index in [0.29, 0.717) is 38.9 Å². The van der Waals surface area contributed by atoms with Crippen molar-refractivity contribution >= 4 is 40.9 Å². The van der Waals surface area contributed by atoms with Crippen molar-refractivity contribution in [2.75, 3.05) is 10.6 Å². The summed E-state index contributed by atoms with van der Waals surface area (Å²) in [6, 6.07) is 19.7. The molecule has 0 aliphatic carbocycles. The van der Waals surface area contributed by atoms with E-state index >= 15 is 0 Å². The first-order valence-corrected chi connectivity index (χ1v) is 10.9. The molecule has 4 aromatic rings. The summed E-state index contributed by atoms with van der Waals surface area (Å²) in [4.78, 5) is 22.3. The maximum Gasteiger partial charge on any atom is 0.257 e. The molecule has 0 saturated carbocycles. The highest BCUT2D eigenvalue weighted by Gasteiger charge is 2.35. The number of hydrogen-bond acceptors (Lipinski definition) is 5. The molecule has 0 saturated heterocycles. The van der Waals surface area contributed by atoms with Crippen LogP contribution in [0.1, 0.15) is 18.5 Å². The second-order valence-corrected chi connectivity index (χ2v) is 8.29. The summed E-state index contributed by atoms with van der Waals surface area (Å²) >= 11 is 12.5. The molecule has 1 amide bonds. The lowest BCUT2D eigenvalue weighted by atomic mass is 9.95. The Morgan fingerprint density at radius 2 is 1.82 bits per heavy atom. The summed E-state index contributed by atoms with van der Waals surface area (Å²) in [5.41, 5.74) is 2.74. The Morgan fingerprint density at radius 1 is 1.03 bits per heavy atom. The fourth-order valence-electron chi connectivity index (χ4n) is 3.77. The number of anilines is 2. The average molecular weight is 477 g/mol. The van der Waals surface area contributed by atoms with Gasteiger partial charge < -0.3 is 10.6 Å². The Kier molecular flexibility index (Phi) is 5.58. The van der Waals surface area contributed by atoms with Crippen molar-refractivity contribution in [2.45, 2.75) is 13.0 Å². The third-order valence-electron chi connectivity index (χ3n) is 5.30. The van der Waals surface area contributed by atoms with E-state index in [1.165, 1.54) is 0 Å². The number of benzene rings is 2. The smallest absolute Gasteiger partial charge is 0.257 e. The maximum absolute atomic E-state index is 13.4. The van der Waals surface area contributed by atoms with Crippen LogP contribution in [0.3, 0.4) is 0 Å². The Bertz CT molecular complexity index is 1370. The van der Waals surface area contributed by atoms with Gasteiger partial charge in [-0.3, -0.25) is 4.79 Å². The lowest BCUT2D eigenvalue weighted by molar-refractivity contribution is -0.113. The lowest BCUT2D eigenvalue weighted by Crippen LogP contribution is -2.31. The lowest BCUT2D eigenvalue weighted by Gasteiger charge is -2.28. The van der Waals surface area contributed by atoms with Gasteiger partial charge in [0.05, 0.1) is 15.6 Å². The number of nitrogens with zero attached hydrogens (tertiary/aromatic N) is 4. The van der Waals surface area contributed by atoms with Gasteiger partial charge in [-0.15, -0.1) is 5.10 Å². The van der Waals surface area contributed by atoms with Gasteiger partial charge in [-0.1, -0.05) is 65.7 Å². The molecular weight excluding hydrogens is 459 g/mol. The van der Waals surface area contributed by atoms with Crippen molar-refractivity contribution < 1.29 is 4.79 Å². The van der Waals surface area contributed by atoms with Gasteiger partial charge in [0, 0.05) is 17.5 Å². The van der Waals surface area contributed by atoms with Crippen LogP contribution in [-0.4, -0.2) is 25.7 Å². The molecule has 7 nitrogen and oxygen atoms in total. The average Bonchev–Trinajstić information content (AvgIpc) is 3.25. The van der Waals surface area contributed by atoms with Gasteiger partial charge in [-0.2, -0.15) is 4.98 Å². The Balaban J connectivity index is 1.63. The van der Waals surface area contributed by atoms with Crippen molar-refractivity contribution in [3.05, 3.63) is 99.8 Å². The van der Waals surface area contributed by atoms with E-state index in [1.54, 1.807) is 41.2 Å². The molecule has 1 atom stereocenters. The summed E-state index contributed by atoms with van der Waals surface area (Å²) in [5.74, 6) is 1.21. The molecule has 1 unspecified atom stereocenters. The normalized spacial score (nSPS) is 15.1. The summed E-state index contributed by atoms with van der Waals surface area (Å²) in [7, 11) is 0. The van der Waals surface area contributed by atoms with Gasteiger partial charge in [-0.25, -0.2) is 9.67 Å². The molecule has 2 aromatic heterocycles. The molecule has 5 rings (SSSR count). The van der Waals surface area contributed by atoms with E-state index in [2.05, 4.69) is 20.6 Å². The van der Waals surface area contributed by atoms with Crippen molar-refractivity contribution in [1.82, 2.24) is 19.7 Å². The fourth-order valence-corrected chi connectivity index (χ4v) is 4.07. The van der Waals surface area contributed by atoms with E-state index in [9.17, 15) is 4.79 Å². The third-order valence-corrected chi connectivity index (χ3v) is 6.03. The van der Waals surface area contributed by atoms with E-state index in [-0.39, 0.29) is 5.91 Å². The molecule has 9 heteroatoms. The Morgan fingerprint density at radius 3 is 2.55 bits per heavy atom. The predicted molar refractivity (Wildman–Crippen MR) is 129 cm³/mol. The highest BCUT2D eigenvalue weighted by atomic mass is 35.5. The first-order valence-electron chi connectivity index (χ1n) is 10.2. The number of hydrogen-bond donors (Lipinski definition) is 2. The van der Waals surface area contributed by atoms with Gasteiger partial charge in [-0.05, 0) is 36.8 Å². The maximum atomic E-state index is 13.4. The number of pyridine rings is 1. The number of carbonyl (C=O) groups is 1. The zero-order chi connectivity index (χ0) is 22.9. The second kappa shape index (κ2) is 8.69. The van der Waals surface area contributed by atoms with Crippen LogP contribution in [0.15, 0.2) is 84.2 Å². The summed E-state index contributed by atoms with van der Waals surface area (Å²) in [6.07, 6.45) is 1.62. The number of fused-ring (bicyclic) bond motifs is 1. The van der Waals surface area contributed by atoms with Crippen LogP contribution in [0.25, 0.3) is 11.4 Å². The van der Waals surface area contributed by atoms with Crippen molar-refractivity contribution in [3.8, 4) is 11.4 Å². The van der Waals surface area contributed by atoms with Gasteiger partial charge >= 0.3 is 0 Å². The van der Waals surface area contributed by atoms with Gasteiger partial charge in [0.1, 0.15) is 11.9 Å². The molecular formula is C24H18Cl2N6O. The first kappa shape index (κ1) is 21.2. The number of nitrogens with one attached hydrogen (secondary N) is 2.